The Bertz CT molecular complexity index is 1980. The molecular weight excluding hydrogens is 713 g/mol. The highest BCUT2D eigenvalue weighted by Gasteiger charge is 2.42. The average molecular weight is 759 g/mol. The number of ether oxygens (including phenoxy) is 3. The summed E-state index contributed by atoms with van der Waals surface area (Å²) in [6.45, 7) is 5.57. The molecule has 2 aliphatic heterocycles. The van der Waals surface area contributed by atoms with E-state index in [0.717, 1.165) is 74.5 Å². The van der Waals surface area contributed by atoms with Crippen LogP contribution in [-0.2, 0) is 21.8 Å². The lowest BCUT2D eigenvalue weighted by Gasteiger charge is -2.33. The number of sulfone groups is 1. The van der Waals surface area contributed by atoms with Gasteiger partial charge in [0.2, 0.25) is 11.7 Å². The van der Waals surface area contributed by atoms with Crippen molar-refractivity contribution >= 4 is 55.9 Å². The molecule has 51 heavy (non-hydrogen) atoms. The van der Waals surface area contributed by atoms with E-state index in [1.54, 1.807) is 12.1 Å². The highest BCUT2D eigenvalue weighted by Crippen LogP contribution is 2.42. The summed E-state index contributed by atoms with van der Waals surface area (Å²) in [6.07, 6.45) is 3.79. The molecule has 1 amide bonds. The molecule has 0 saturated carbocycles. The standard InChI is InChI=1S/C37H45Cl2N5O6S/c1-48-32-22-26(23-33(49-2)34(32)50-3)35(45)43-17-13-37(25-43,27-10-11-28(38)29(39)24-27)12-16-41-14-7-15-42(19-18-41)36-40-30-8-5-6-9-31(30)44(36)20-21-51(4,46)47/h5-6,8-11,22-24H,7,12-21,25H2,1-4H3. The number of fused-ring (bicyclic) bond motifs is 1. The van der Waals surface area contributed by atoms with E-state index in [1.165, 1.54) is 27.6 Å². The molecule has 4 aromatic rings. The number of aromatic nitrogens is 2. The van der Waals surface area contributed by atoms with E-state index in [-0.39, 0.29) is 17.1 Å². The van der Waals surface area contributed by atoms with Gasteiger partial charge in [-0.25, -0.2) is 13.4 Å². The minimum absolute atomic E-state index is 0.0518. The molecule has 2 fully saturated rings. The highest BCUT2D eigenvalue weighted by atomic mass is 35.5. The van der Waals surface area contributed by atoms with Crippen LogP contribution in [0.25, 0.3) is 11.0 Å². The molecule has 1 unspecified atom stereocenters. The van der Waals surface area contributed by atoms with E-state index < -0.39 is 9.84 Å². The van der Waals surface area contributed by atoms with E-state index in [1.807, 2.05) is 51.9 Å². The Morgan fingerprint density at radius 1 is 0.882 bits per heavy atom. The summed E-state index contributed by atoms with van der Waals surface area (Å²) in [5.41, 5.74) is 2.99. The molecule has 3 heterocycles. The molecule has 0 bridgehead atoms. The summed E-state index contributed by atoms with van der Waals surface area (Å²) in [6, 6.07) is 17.1. The van der Waals surface area contributed by atoms with Gasteiger partial charge in [-0.1, -0.05) is 41.4 Å². The summed E-state index contributed by atoms with van der Waals surface area (Å²) < 4.78 is 42.8. The van der Waals surface area contributed by atoms with Crippen LogP contribution in [0.1, 0.15) is 35.2 Å². The number of anilines is 1. The van der Waals surface area contributed by atoms with Gasteiger partial charge in [0.25, 0.3) is 5.91 Å². The van der Waals surface area contributed by atoms with Crippen molar-refractivity contribution in [3.63, 3.8) is 0 Å². The van der Waals surface area contributed by atoms with Crippen molar-refractivity contribution in [2.75, 3.05) is 84.1 Å². The third-order valence-electron chi connectivity index (χ3n) is 10.2. The fourth-order valence-electron chi connectivity index (χ4n) is 7.39. The topological polar surface area (TPSA) is 106 Å². The van der Waals surface area contributed by atoms with Crippen molar-refractivity contribution in [1.82, 2.24) is 19.4 Å². The van der Waals surface area contributed by atoms with Gasteiger partial charge in [-0.3, -0.25) is 4.79 Å². The SMILES string of the molecule is COc1cc(C(=O)N2CCC(CCN3CCCN(c4nc5ccccc5n4CCS(C)(=O)=O)CC3)(c3ccc(Cl)c(Cl)c3)C2)cc(OC)c1OC. The Morgan fingerprint density at radius 2 is 1.63 bits per heavy atom. The van der Waals surface area contributed by atoms with Crippen LogP contribution >= 0.6 is 23.2 Å². The van der Waals surface area contributed by atoms with Crippen molar-refractivity contribution in [2.24, 2.45) is 0 Å². The lowest BCUT2D eigenvalue weighted by molar-refractivity contribution is 0.0780. The minimum atomic E-state index is -3.15. The number of nitrogens with zero attached hydrogens (tertiary/aromatic N) is 5. The van der Waals surface area contributed by atoms with Crippen LogP contribution in [0.15, 0.2) is 54.6 Å². The Balaban J connectivity index is 1.20. The van der Waals surface area contributed by atoms with E-state index in [4.69, 9.17) is 42.4 Å². The van der Waals surface area contributed by atoms with Gasteiger partial charge in [-0.15, -0.1) is 0 Å². The van der Waals surface area contributed by atoms with Gasteiger partial charge in [0.15, 0.2) is 11.5 Å². The number of para-hydroxylation sites is 2. The molecule has 0 spiro atoms. The Hall–Kier alpha value is -3.71. The largest absolute Gasteiger partial charge is 0.493 e. The number of benzene rings is 3. The second kappa shape index (κ2) is 15.5. The van der Waals surface area contributed by atoms with Crippen LogP contribution in [0.3, 0.4) is 0 Å². The first-order valence-corrected chi connectivity index (χ1v) is 19.9. The van der Waals surface area contributed by atoms with Crippen LogP contribution in [-0.4, -0.2) is 113 Å². The lowest BCUT2D eigenvalue weighted by atomic mass is 9.76. The van der Waals surface area contributed by atoms with Gasteiger partial charge < -0.3 is 33.5 Å². The Labute approximate surface area is 309 Å². The zero-order valence-electron chi connectivity index (χ0n) is 29.5. The second-order valence-electron chi connectivity index (χ2n) is 13.4. The number of hydrogen-bond acceptors (Lipinski definition) is 9. The van der Waals surface area contributed by atoms with Gasteiger partial charge in [-0.2, -0.15) is 0 Å². The van der Waals surface area contributed by atoms with E-state index in [9.17, 15) is 13.2 Å². The van der Waals surface area contributed by atoms with Crippen LogP contribution in [0.5, 0.6) is 17.2 Å². The Morgan fingerprint density at radius 3 is 2.31 bits per heavy atom. The van der Waals surface area contributed by atoms with Crippen molar-refractivity contribution in [1.29, 1.82) is 0 Å². The number of amides is 1. The number of carbonyl (C=O) groups is 1. The molecule has 0 aliphatic carbocycles. The first-order chi connectivity index (χ1) is 24.4. The zero-order chi connectivity index (χ0) is 36.3. The number of rotatable bonds is 12. The molecule has 274 valence electrons. The molecule has 2 saturated heterocycles. The number of halogens is 2. The Kier molecular flexibility index (Phi) is 11.3. The fraction of sp³-hybridized carbons (Fsp3) is 0.459. The normalized spacial score (nSPS) is 18.6. The first kappa shape index (κ1) is 37.1. The third-order valence-corrected chi connectivity index (χ3v) is 11.8. The number of imidazole rings is 1. The number of carbonyl (C=O) groups excluding carboxylic acids is 1. The van der Waals surface area contributed by atoms with Crippen molar-refractivity contribution in [3.05, 3.63) is 75.8 Å². The van der Waals surface area contributed by atoms with Gasteiger partial charge in [0, 0.05) is 56.5 Å². The molecule has 0 radical (unpaired) electrons. The minimum Gasteiger partial charge on any atom is -0.493 e. The van der Waals surface area contributed by atoms with Crippen molar-refractivity contribution in [3.8, 4) is 17.2 Å². The van der Waals surface area contributed by atoms with Crippen LogP contribution in [0.4, 0.5) is 5.95 Å². The average Bonchev–Trinajstić information content (AvgIpc) is 3.64. The molecule has 6 rings (SSSR count). The maximum atomic E-state index is 14.0. The highest BCUT2D eigenvalue weighted by molar-refractivity contribution is 7.90. The number of likely N-dealkylation sites (tertiary alicyclic amines) is 1. The molecule has 14 heteroatoms. The summed E-state index contributed by atoms with van der Waals surface area (Å²) in [4.78, 5) is 25.6. The predicted molar refractivity (Wildman–Crippen MR) is 202 cm³/mol. The quantitative estimate of drug-likeness (QED) is 0.177. The summed E-state index contributed by atoms with van der Waals surface area (Å²) >= 11 is 12.9. The molecule has 11 nitrogen and oxygen atoms in total. The molecule has 2 aliphatic rings. The monoisotopic (exact) mass is 757 g/mol. The summed E-state index contributed by atoms with van der Waals surface area (Å²) in [5.74, 6) is 2.04. The van der Waals surface area contributed by atoms with Gasteiger partial charge >= 0.3 is 0 Å². The second-order valence-corrected chi connectivity index (χ2v) is 16.5. The smallest absolute Gasteiger partial charge is 0.254 e. The van der Waals surface area contributed by atoms with Crippen LogP contribution in [0.2, 0.25) is 10.0 Å². The maximum absolute atomic E-state index is 14.0. The maximum Gasteiger partial charge on any atom is 0.254 e. The first-order valence-electron chi connectivity index (χ1n) is 17.1. The van der Waals surface area contributed by atoms with Crippen LogP contribution in [0, 0.1) is 0 Å². The van der Waals surface area contributed by atoms with E-state index in [0.29, 0.717) is 52.5 Å². The lowest BCUT2D eigenvalue weighted by Crippen LogP contribution is -2.39. The summed E-state index contributed by atoms with van der Waals surface area (Å²) in [7, 11) is 1.46. The molecule has 1 atom stereocenters. The third kappa shape index (κ3) is 8.04. The molecular formula is C37H45Cl2N5O6S. The van der Waals surface area contributed by atoms with Gasteiger partial charge in [0.05, 0.1) is 48.2 Å². The fourth-order valence-corrected chi connectivity index (χ4v) is 8.20. The molecule has 3 aromatic carbocycles. The van der Waals surface area contributed by atoms with Gasteiger partial charge in [-0.05, 0) is 74.3 Å². The van der Waals surface area contributed by atoms with Crippen LogP contribution < -0.4 is 19.1 Å². The number of methoxy groups -OCH3 is 3. The van der Waals surface area contributed by atoms with E-state index in [2.05, 4.69) is 9.80 Å². The van der Waals surface area contributed by atoms with Gasteiger partial charge in [0.1, 0.15) is 9.84 Å². The zero-order valence-corrected chi connectivity index (χ0v) is 31.9. The number of aryl methyl sites for hydroxylation is 1. The summed E-state index contributed by atoms with van der Waals surface area (Å²) in [5, 5.41) is 0.987. The molecule has 1 aromatic heterocycles. The predicted octanol–water partition coefficient (Wildman–Crippen LogP) is 5.80. The van der Waals surface area contributed by atoms with E-state index >= 15 is 0 Å². The van der Waals surface area contributed by atoms with Crippen molar-refractivity contribution < 1.29 is 27.4 Å². The number of hydrogen-bond donors (Lipinski definition) is 0. The van der Waals surface area contributed by atoms with Crippen molar-refractivity contribution in [2.45, 2.75) is 31.2 Å². The molecule has 0 N–H and O–H groups in total.